The van der Waals surface area contributed by atoms with Crippen LogP contribution < -0.4 is 14.8 Å². The van der Waals surface area contributed by atoms with Crippen molar-refractivity contribution >= 4 is 21.6 Å². The number of benzene rings is 2. The summed E-state index contributed by atoms with van der Waals surface area (Å²) >= 11 is 0. The molecule has 1 amide bonds. The van der Waals surface area contributed by atoms with E-state index in [1.54, 1.807) is 25.3 Å². The van der Waals surface area contributed by atoms with Gasteiger partial charge in [-0.15, -0.1) is 0 Å². The van der Waals surface area contributed by atoms with E-state index in [-0.39, 0.29) is 17.2 Å². The Morgan fingerprint density at radius 1 is 1.00 bits per heavy atom. The molecule has 1 N–H and O–H groups in total. The number of methoxy groups -OCH3 is 2. The molecule has 0 aromatic heterocycles. The highest BCUT2D eigenvalue weighted by molar-refractivity contribution is 7.89. The Bertz CT molecular complexity index is 984. The van der Waals surface area contributed by atoms with Crippen LogP contribution in [0.1, 0.15) is 5.56 Å². The van der Waals surface area contributed by atoms with Crippen LogP contribution in [0.2, 0.25) is 0 Å². The first-order valence-corrected chi connectivity index (χ1v) is 11.1. The highest BCUT2D eigenvalue weighted by atomic mass is 32.2. The third-order valence-electron chi connectivity index (χ3n) is 5.07. The largest absolute Gasteiger partial charge is 0.497 e. The van der Waals surface area contributed by atoms with Gasteiger partial charge in [-0.2, -0.15) is 4.31 Å². The number of ether oxygens (including phenoxy) is 2. The second-order valence-electron chi connectivity index (χ2n) is 7.14. The van der Waals surface area contributed by atoms with E-state index in [4.69, 9.17) is 9.47 Å². The van der Waals surface area contributed by atoms with Crippen molar-refractivity contribution in [2.75, 3.05) is 52.8 Å². The molecule has 0 radical (unpaired) electrons. The van der Waals surface area contributed by atoms with Gasteiger partial charge in [0.05, 0.1) is 31.2 Å². The van der Waals surface area contributed by atoms with E-state index in [2.05, 4.69) is 10.2 Å². The highest BCUT2D eigenvalue weighted by Crippen LogP contribution is 2.29. The maximum absolute atomic E-state index is 13.0. The van der Waals surface area contributed by atoms with Crippen LogP contribution in [0.25, 0.3) is 0 Å². The number of piperazine rings is 1. The molecule has 1 aliphatic rings. The number of sulfonamides is 1. The Morgan fingerprint density at radius 3 is 2.27 bits per heavy atom. The molecule has 3 rings (SSSR count). The summed E-state index contributed by atoms with van der Waals surface area (Å²) in [6, 6.07) is 11.7. The summed E-state index contributed by atoms with van der Waals surface area (Å²) in [7, 11) is 1.37. The van der Waals surface area contributed by atoms with Gasteiger partial charge < -0.3 is 19.7 Å². The third-order valence-corrected chi connectivity index (χ3v) is 6.96. The van der Waals surface area contributed by atoms with Crippen molar-refractivity contribution in [3.8, 4) is 11.5 Å². The van der Waals surface area contributed by atoms with Crippen LogP contribution in [0.3, 0.4) is 0 Å². The van der Waals surface area contributed by atoms with E-state index in [1.165, 1.54) is 23.5 Å². The number of anilines is 1. The van der Waals surface area contributed by atoms with Gasteiger partial charge >= 0.3 is 0 Å². The molecule has 0 aliphatic carbocycles. The summed E-state index contributed by atoms with van der Waals surface area (Å²) in [5, 5.41) is 2.77. The molecule has 8 nitrogen and oxygen atoms in total. The maximum Gasteiger partial charge on any atom is 0.243 e. The number of nitrogens with zero attached hydrogens (tertiary/aromatic N) is 2. The Labute approximate surface area is 177 Å². The van der Waals surface area contributed by atoms with Crippen molar-refractivity contribution < 1.29 is 22.7 Å². The van der Waals surface area contributed by atoms with Crippen LogP contribution >= 0.6 is 0 Å². The molecule has 162 valence electrons. The first-order chi connectivity index (χ1) is 14.3. The van der Waals surface area contributed by atoms with Gasteiger partial charge in [0, 0.05) is 26.2 Å². The fraction of sp³-hybridized carbons (Fsp3) is 0.381. The van der Waals surface area contributed by atoms with Crippen molar-refractivity contribution in [1.29, 1.82) is 0 Å². The number of hydrogen-bond acceptors (Lipinski definition) is 6. The van der Waals surface area contributed by atoms with Crippen LogP contribution in [0.5, 0.6) is 11.5 Å². The Kier molecular flexibility index (Phi) is 6.96. The summed E-state index contributed by atoms with van der Waals surface area (Å²) in [5.74, 6) is 0.839. The van der Waals surface area contributed by atoms with Crippen LogP contribution in [-0.2, 0) is 21.2 Å². The summed E-state index contributed by atoms with van der Waals surface area (Å²) < 4.78 is 37.9. The number of likely N-dealkylation sites (N-methyl/N-ethyl adjacent to an activating group) is 1. The fourth-order valence-corrected chi connectivity index (χ4v) is 4.69. The van der Waals surface area contributed by atoms with Crippen molar-refractivity contribution in [1.82, 2.24) is 9.21 Å². The summed E-state index contributed by atoms with van der Waals surface area (Å²) in [5.41, 5.74) is 1.14. The zero-order chi connectivity index (χ0) is 21.7. The Hall–Kier alpha value is -2.62. The predicted molar refractivity (Wildman–Crippen MR) is 115 cm³/mol. The normalized spacial score (nSPS) is 15.6. The summed E-state index contributed by atoms with van der Waals surface area (Å²) in [6.07, 6.45) is 0.141. The van der Waals surface area contributed by atoms with Crippen LogP contribution in [-0.4, -0.2) is 71.0 Å². The zero-order valence-corrected chi connectivity index (χ0v) is 18.2. The number of nitrogens with one attached hydrogen (secondary N) is 1. The van der Waals surface area contributed by atoms with Gasteiger partial charge in [-0.1, -0.05) is 12.1 Å². The summed E-state index contributed by atoms with van der Waals surface area (Å²) in [6.45, 7) is 2.23. The molecule has 1 heterocycles. The van der Waals surface area contributed by atoms with Gasteiger partial charge in [-0.25, -0.2) is 8.42 Å². The molecule has 0 unspecified atom stereocenters. The monoisotopic (exact) mass is 433 g/mol. The molecule has 2 aromatic carbocycles. The fourth-order valence-electron chi connectivity index (χ4n) is 3.25. The topological polar surface area (TPSA) is 88.2 Å². The Balaban J connectivity index is 1.77. The van der Waals surface area contributed by atoms with E-state index in [9.17, 15) is 13.2 Å². The smallest absolute Gasteiger partial charge is 0.243 e. The molecule has 1 fully saturated rings. The van der Waals surface area contributed by atoms with Crippen molar-refractivity contribution in [2.24, 2.45) is 0 Å². The lowest BCUT2D eigenvalue weighted by Crippen LogP contribution is -2.47. The lowest BCUT2D eigenvalue weighted by Gasteiger charge is -2.31. The average molecular weight is 434 g/mol. The first kappa shape index (κ1) is 22.1. The van der Waals surface area contributed by atoms with Gasteiger partial charge in [0.1, 0.15) is 11.5 Å². The van der Waals surface area contributed by atoms with Gasteiger partial charge in [-0.3, -0.25) is 4.79 Å². The number of carbonyl (C=O) groups excluding carboxylic acids is 1. The molecule has 1 saturated heterocycles. The number of rotatable bonds is 7. The Morgan fingerprint density at radius 2 is 1.67 bits per heavy atom. The van der Waals surface area contributed by atoms with Crippen molar-refractivity contribution in [3.63, 3.8) is 0 Å². The molecule has 2 aromatic rings. The lowest BCUT2D eigenvalue weighted by molar-refractivity contribution is -0.115. The van der Waals surface area contributed by atoms with E-state index in [0.717, 1.165) is 5.56 Å². The minimum absolute atomic E-state index is 0.132. The van der Waals surface area contributed by atoms with Crippen molar-refractivity contribution in [3.05, 3.63) is 48.0 Å². The maximum atomic E-state index is 13.0. The first-order valence-electron chi connectivity index (χ1n) is 9.63. The van der Waals surface area contributed by atoms with E-state index in [0.29, 0.717) is 43.4 Å². The third kappa shape index (κ3) is 5.10. The minimum Gasteiger partial charge on any atom is -0.497 e. The number of hydrogen-bond donors (Lipinski definition) is 1. The van der Waals surface area contributed by atoms with E-state index in [1.807, 2.05) is 19.2 Å². The zero-order valence-electron chi connectivity index (χ0n) is 17.4. The van der Waals surface area contributed by atoms with Crippen LogP contribution in [0.4, 0.5) is 5.69 Å². The summed E-state index contributed by atoms with van der Waals surface area (Å²) in [4.78, 5) is 14.8. The lowest BCUT2D eigenvalue weighted by atomic mass is 10.1. The molecular weight excluding hydrogens is 406 g/mol. The second kappa shape index (κ2) is 9.46. The molecular formula is C21H27N3O5S. The minimum atomic E-state index is -3.65. The molecule has 9 heteroatoms. The van der Waals surface area contributed by atoms with Gasteiger partial charge in [0.2, 0.25) is 15.9 Å². The predicted octanol–water partition coefficient (Wildman–Crippen LogP) is 1.82. The molecule has 0 spiro atoms. The SMILES string of the molecule is COc1ccc(CC(=O)Nc2cc(S(=O)(=O)N3CCN(C)CC3)ccc2OC)cc1. The second-order valence-corrected chi connectivity index (χ2v) is 9.08. The van der Waals surface area contributed by atoms with Gasteiger partial charge in [0.15, 0.2) is 0 Å². The molecule has 0 saturated carbocycles. The van der Waals surface area contributed by atoms with Crippen LogP contribution in [0, 0.1) is 0 Å². The van der Waals surface area contributed by atoms with Crippen LogP contribution in [0.15, 0.2) is 47.4 Å². The molecule has 1 aliphatic heterocycles. The van der Waals surface area contributed by atoms with E-state index >= 15 is 0 Å². The molecule has 0 bridgehead atoms. The quantitative estimate of drug-likeness (QED) is 0.717. The van der Waals surface area contributed by atoms with Gasteiger partial charge in [0.25, 0.3) is 0 Å². The average Bonchev–Trinajstić information content (AvgIpc) is 2.74. The highest BCUT2D eigenvalue weighted by Gasteiger charge is 2.28. The number of carbonyl (C=O) groups is 1. The molecule has 0 atom stereocenters. The van der Waals surface area contributed by atoms with Crippen molar-refractivity contribution in [2.45, 2.75) is 11.3 Å². The van der Waals surface area contributed by atoms with Gasteiger partial charge in [-0.05, 0) is 42.9 Å². The number of amides is 1. The van der Waals surface area contributed by atoms with E-state index < -0.39 is 10.0 Å². The standard InChI is InChI=1S/C21H27N3O5S/c1-23-10-12-24(13-11-23)30(26,27)18-8-9-20(29-3)19(15-18)22-21(25)14-16-4-6-17(28-2)7-5-16/h4-9,15H,10-14H2,1-3H3,(H,22,25). The molecule has 30 heavy (non-hydrogen) atoms.